The Kier molecular flexibility index (Phi) is 4.61. The van der Waals surface area contributed by atoms with Crippen molar-refractivity contribution in [2.75, 3.05) is 5.32 Å². The zero-order chi connectivity index (χ0) is 20.8. The predicted octanol–water partition coefficient (Wildman–Crippen LogP) is 4.35. The lowest BCUT2D eigenvalue weighted by atomic mass is 10.2. The van der Waals surface area contributed by atoms with Gasteiger partial charge in [0.25, 0.3) is 12.0 Å². The molecule has 4 rings (SSSR count). The Bertz CT molecular complexity index is 1170. The predicted molar refractivity (Wildman–Crippen MR) is 97.7 cm³/mol. The number of hydrogen-bond acceptors (Lipinski definition) is 7. The molecule has 0 amide bonds. The highest BCUT2D eigenvalue weighted by atomic mass is 35.5. The van der Waals surface area contributed by atoms with Gasteiger partial charge in [-0.2, -0.15) is 22.8 Å². The van der Waals surface area contributed by atoms with Crippen LogP contribution in [0.1, 0.15) is 30.2 Å². The molecule has 1 aromatic carbocycles. The summed E-state index contributed by atoms with van der Waals surface area (Å²) < 4.78 is 46.6. The first kappa shape index (κ1) is 19.1. The third-order valence-electron chi connectivity index (χ3n) is 3.97. The van der Waals surface area contributed by atoms with Gasteiger partial charge in [0.15, 0.2) is 11.4 Å². The van der Waals surface area contributed by atoms with Crippen molar-refractivity contribution in [3.8, 4) is 5.95 Å². The van der Waals surface area contributed by atoms with Crippen LogP contribution in [0.4, 0.5) is 19.2 Å². The third-order valence-corrected chi connectivity index (χ3v) is 4.19. The molecule has 29 heavy (non-hydrogen) atoms. The summed E-state index contributed by atoms with van der Waals surface area (Å²) in [5.41, 5.74) is -1.41. The quantitative estimate of drug-likeness (QED) is 0.521. The van der Waals surface area contributed by atoms with E-state index in [-0.39, 0.29) is 16.6 Å². The highest BCUT2D eigenvalue weighted by molar-refractivity contribution is 6.31. The van der Waals surface area contributed by atoms with Crippen LogP contribution in [0.15, 0.2) is 35.0 Å². The van der Waals surface area contributed by atoms with Gasteiger partial charge in [-0.1, -0.05) is 11.6 Å². The lowest BCUT2D eigenvalue weighted by Crippen LogP contribution is -2.15. The average Bonchev–Trinajstić information content (AvgIpc) is 3.23. The van der Waals surface area contributed by atoms with Crippen LogP contribution in [0.2, 0.25) is 5.02 Å². The molecule has 0 fully saturated rings. The molecule has 8 nitrogen and oxygen atoms in total. The first-order chi connectivity index (χ1) is 13.7. The summed E-state index contributed by atoms with van der Waals surface area (Å²) in [6.07, 6.45) is -1.51. The van der Waals surface area contributed by atoms with E-state index in [9.17, 15) is 13.2 Å². The van der Waals surface area contributed by atoms with E-state index in [1.54, 1.807) is 32.3 Å². The van der Waals surface area contributed by atoms with Crippen LogP contribution in [0.25, 0.3) is 17.0 Å². The number of oxazole rings is 1. The molecule has 0 spiro atoms. The average molecular weight is 424 g/mol. The molecule has 0 aliphatic rings. The fourth-order valence-electron chi connectivity index (χ4n) is 2.78. The molecule has 3 heterocycles. The highest BCUT2D eigenvalue weighted by Crippen LogP contribution is 2.38. The topological polar surface area (TPSA) is 94.6 Å². The normalized spacial score (nSPS) is 13.0. The zero-order valence-corrected chi connectivity index (χ0v) is 15.8. The van der Waals surface area contributed by atoms with Gasteiger partial charge in [0.2, 0.25) is 0 Å². The van der Waals surface area contributed by atoms with Crippen LogP contribution in [0, 0.1) is 6.92 Å². The molecule has 1 atom stereocenters. The molecular formula is C17H13ClF3N7O. The molecule has 0 unspecified atom stereocenters. The molecule has 0 aliphatic carbocycles. The number of nitrogens with zero attached hydrogens (tertiary/aromatic N) is 6. The van der Waals surface area contributed by atoms with Crippen LogP contribution >= 0.6 is 11.6 Å². The van der Waals surface area contributed by atoms with Crippen molar-refractivity contribution in [2.24, 2.45) is 0 Å². The van der Waals surface area contributed by atoms with E-state index in [2.05, 4.69) is 30.4 Å². The van der Waals surface area contributed by atoms with Crippen molar-refractivity contribution < 1.29 is 17.6 Å². The van der Waals surface area contributed by atoms with Gasteiger partial charge in [0.1, 0.15) is 16.9 Å². The molecule has 0 aliphatic heterocycles. The summed E-state index contributed by atoms with van der Waals surface area (Å²) in [6.45, 7) is 3.43. The number of hydrogen-bond donors (Lipinski definition) is 1. The van der Waals surface area contributed by atoms with Crippen molar-refractivity contribution >= 4 is 28.7 Å². The smallest absolute Gasteiger partial charge is 0.420 e. The maximum absolute atomic E-state index is 13.3. The molecule has 0 saturated carbocycles. The number of benzene rings is 1. The van der Waals surface area contributed by atoms with Crippen LogP contribution < -0.4 is 5.32 Å². The minimum absolute atomic E-state index is 0.0106. The van der Waals surface area contributed by atoms with E-state index in [0.29, 0.717) is 17.6 Å². The summed E-state index contributed by atoms with van der Waals surface area (Å²) in [5.74, 6) is 1.22. The molecule has 0 saturated heterocycles. The Morgan fingerprint density at radius 2 is 1.90 bits per heavy atom. The number of aromatic nitrogens is 6. The molecule has 150 valence electrons. The third kappa shape index (κ3) is 3.73. The number of aryl methyl sites for hydroxylation is 1. The minimum Gasteiger partial charge on any atom is -0.423 e. The molecule has 1 N–H and O–H groups in total. The Morgan fingerprint density at radius 1 is 1.17 bits per heavy atom. The van der Waals surface area contributed by atoms with Gasteiger partial charge in [0, 0.05) is 17.4 Å². The molecule has 12 heteroatoms. The number of nitrogens with one attached hydrogen (secondary N) is 1. The molecule has 3 aromatic heterocycles. The van der Waals surface area contributed by atoms with Gasteiger partial charge in [-0.25, -0.2) is 15.0 Å². The van der Waals surface area contributed by atoms with Crippen molar-refractivity contribution in [1.29, 1.82) is 0 Å². The molecule has 0 radical (unpaired) electrons. The van der Waals surface area contributed by atoms with Crippen molar-refractivity contribution in [3.63, 3.8) is 0 Å². The van der Waals surface area contributed by atoms with Gasteiger partial charge in [-0.05, 0) is 32.0 Å². The fourth-order valence-corrected chi connectivity index (χ4v) is 2.99. The van der Waals surface area contributed by atoms with E-state index in [1.165, 1.54) is 10.7 Å². The first-order valence-electron chi connectivity index (χ1n) is 8.37. The maximum Gasteiger partial charge on any atom is 0.420 e. The lowest BCUT2D eigenvalue weighted by Gasteiger charge is -2.12. The monoisotopic (exact) mass is 423 g/mol. The summed E-state index contributed by atoms with van der Waals surface area (Å²) in [6, 6.07) is 3.13. The maximum atomic E-state index is 13.3. The fraction of sp³-hybridized carbons (Fsp3) is 0.235. The zero-order valence-electron chi connectivity index (χ0n) is 15.1. The first-order valence-corrected chi connectivity index (χ1v) is 8.75. The van der Waals surface area contributed by atoms with Crippen LogP contribution in [0.5, 0.6) is 0 Å². The van der Waals surface area contributed by atoms with E-state index < -0.39 is 23.4 Å². The largest absolute Gasteiger partial charge is 0.423 e. The van der Waals surface area contributed by atoms with Crippen LogP contribution in [-0.2, 0) is 6.18 Å². The summed E-state index contributed by atoms with van der Waals surface area (Å²) >= 11 is 5.79. The van der Waals surface area contributed by atoms with Crippen LogP contribution in [0.3, 0.4) is 0 Å². The number of anilines is 1. The highest BCUT2D eigenvalue weighted by Gasteiger charge is 2.35. The Labute approximate surface area is 166 Å². The van der Waals surface area contributed by atoms with Crippen molar-refractivity contribution in [2.45, 2.75) is 26.1 Å². The van der Waals surface area contributed by atoms with Gasteiger partial charge in [-0.15, -0.1) is 5.10 Å². The Hall–Kier alpha value is -3.21. The standard InChI is InChI=1S/C17H13ClF3N7O/c1-8(14-25-9(2)27-28(14)15-22-4-3-5-23-15)24-16-26-12-7-10(18)6-11(13(12)29-16)17(19,20)21/h3-8H,1-2H3,(H,24,26)/t8-/m0/s1. The second-order valence-corrected chi connectivity index (χ2v) is 6.60. The molecular weight excluding hydrogens is 411 g/mol. The minimum atomic E-state index is -4.63. The lowest BCUT2D eigenvalue weighted by molar-refractivity contribution is -0.136. The van der Waals surface area contributed by atoms with E-state index >= 15 is 0 Å². The summed E-state index contributed by atoms with van der Waals surface area (Å²) in [4.78, 5) is 16.7. The number of fused-ring (bicyclic) bond motifs is 1. The van der Waals surface area contributed by atoms with Crippen molar-refractivity contribution in [1.82, 2.24) is 29.7 Å². The van der Waals surface area contributed by atoms with Crippen molar-refractivity contribution in [3.05, 3.63) is 52.8 Å². The van der Waals surface area contributed by atoms with Gasteiger partial charge < -0.3 is 9.73 Å². The van der Waals surface area contributed by atoms with E-state index in [4.69, 9.17) is 16.0 Å². The summed E-state index contributed by atoms with van der Waals surface area (Å²) in [5, 5.41) is 7.08. The Balaban J connectivity index is 1.70. The number of rotatable bonds is 4. The van der Waals surface area contributed by atoms with Gasteiger partial charge in [-0.3, -0.25) is 0 Å². The van der Waals surface area contributed by atoms with Gasteiger partial charge >= 0.3 is 6.18 Å². The number of halogens is 4. The van der Waals surface area contributed by atoms with E-state index in [0.717, 1.165) is 6.07 Å². The molecule has 0 bridgehead atoms. The van der Waals surface area contributed by atoms with E-state index in [1.807, 2.05) is 0 Å². The second kappa shape index (κ2) is 6.99. The summed E-state index contributed by atoms with van der Waals surface area (Å²) in [7, 11) is 0. The van der Waals surface area contributed by atoms with Gasteiger partial charge in [0.05, 0.1) is 6.04 Å². The van der Waals surface area contributed by atoms with Crippen LogP contribution in [-0.4, -0.2) is 29.7 Å². The molecule has 4 aromatic rings. The second-order valence-electron chi connectivity index (χ2n) is 6.16. The Morgan fingerprint density at radius 3 is 2.59 bits per heavy atom. The SMILES string of the molecule is Cc1nc([C@H](C)Nc2nc3cc(Cl)cc(C(F)(F)F)c3o2)n(-c2ncccn2)n1. The number of alkyl halides is 3.